The quantitative estimate of drug-likeness (QED) is 0.193. The van der Waals surface area contributed by atoms with Crippen LogP contribution < -0.4 is 9.79 Å². The average molecular weight is 136 g/mol. The molecule has 0 aliphatic rings. The van der Waals surface area contributed by atoms with Gasteiger partial charge >= 0.3 is 23.1 Å². The van der Waals surface area contributed by atoms with Crippen molar-refractivity contribution in [2.24, 2.45) is 0 Å². The molecule has 7 heavy (non-hydrogen) atoms. The monoisotopic (exact) mass is 136 g/mol. The Balaban J connectivity index is 0. The fraction of sp³-hybridized carbons (Fsp3) is 0. The number of rotatable bonds is 1. The molecular weight excluding hydrogens is 135 g/mol. The average Bonchev–Trinajstić information content (AvgIpc) is 1.35. The third-order valence-corrected chi connectivity index (χ3v) is 0.300. The molecule has 0 unspecified atom stereocenters. The summed E-state index contributed by atoms with van der Waals surface area (Å²) < 4.78 is 11.4. The van der Waals surface area contributed by atoms with Crippen LogP contribution in [0.3, 0.4) is 0 Å². The summed E-state index contributed by atoms with van der Waals surface area (Å²) in [4.78, 5) is 18.0. The summed E-state index contributed by atoms with van der Waals surface area (Å²) in [7, 11) is -5.09. The first kappa shape index (κ1) is 10.8. The topological polar surface area (TPSA) is 92.7 Å². The summed E-state index contributed by atoms with van der Waals surface area (Å²) in [5.41, 5.74) is 0. The number of hydrogen-bond donors (Lipinski definition) is 1. The van der Waals surface area contributed by atoms with Crippen molar-refractivity contribution in [2.45, 2.75) is 0 Å². The number of phosphoric acid groups is 1. The zero-order valence-electron chi connectivity index (χ0n) is 3.23. The molecule has 0 radical (unpaired) electrons. The first-order valence-electron chi connectivity index (χ1n) is 0.913. The molecule has 0 aromatic heterocycles. The van der Waals surface area contributed by atoms with Gasteiger partial charge in [-0.3, -0.25) is 0 Å². The SMILES string of the molecule is O=P([O-])([O-])OO.[Mg+2]. The predicted molar refractivity (Wildman–Crippen MR) is 17.1 cm³/mol. The summed E-state index contributed by atoms with van der Waals surface area (Å²) in [6.07, 6.45) is 0. The van der Waals surface area contributed by atoms with E-state index in [1.54, 1.807) is 0 Å². The molecule has 0 saturated heterocycles. The minimum absolute atomic E-state index is 0. The standard InChI is InChI=1S/Mg.H3O5P/c;1-5-6(2,3)4/h;1H,(H2,2,3,4)/q+2;/p-2. The Morgan fingerprint density at radius 1 is 1.57 bits per heavy atom. The molecule has 0 saturated carbocycles. The molecular formula is HMgO5P. The second-order valence-electron chi connectivity index (χ2n) is 0.529. The van der Waals surface area contributed by atoms with Gasteiger partial charge in [-0.1, -0.05) is 0 Å². The molecule has 0 bridgehead atoms. The molecule has 0 aliphatic heterocycles. The van der Waals surface area contributed by atoms with Crippen LogP contribution in [-0.2, 0) is 9.24 Å². The Hall–Kier alpha value is 0.836. The Morgan fingerprint density at radius 3 is 1.71 bits per heavy atom. The van der Waals surface area contributed by atoms with E-state index in [9.17, 15) is 0 Å². The van der Waals surface area contributed by atoms with Gasteiger partial charge in [-0.05, 0) is 0 Å². The molecule has 38 valence electrons. The van der Waals surface area contributed by atoms with Crippen LogP contribution >= 0.6 is 7.82 Å². The second kappa shape index (κ2) is 3.79. The normalized spacial score (nSPS) is 10.1. The Labute approximate surface area is 55.6 Å². The third-order valence-electron chi connectivity index (χ3n) is 0.100. The number of hydrogen-bond acceptors (Lipinski definition) is 5. The molecule has 0 rings (SSSR count). The van der Waals surface area contributed by atoms with Crippen LogP contribution in [0.5, 0.6) is 0 Å². The van der Waals surface area contributed by atoms with Crippen molar-refractivity contribution < 1.29 is 24.3 Å². The van der Waals surface area contributed by atoms with Gasteiger partial charge in [-0.25, -0.2) is 9.93 Å². The zero-order valence-corrected chi connectivity index (χ0v) is 5.54. The van der Waals surface area contributed by atoms with Gasteiger partial charge < -0.3 is 14.4 Å². The Kier molecular flexibility index (Phi) is 5.82. The maximum absolute atomic E-state index is 9.00. The van der Waals surface area contributed by atoms with Gasteiger partial charge in [0.05, 0.1) is 7.82 Å². The maximum Gasteiger partial charge on any atom is 2.00 e. The van der Waals surface area contributed by atoms with E-state index in [4.69, 9.17) is 19.6 Å². The summed E-state index contributed by atoms with van der Waals surface area (Å²) >= 11 is 0. The fourth-order valence-electron chi connectivity index (χ4n) is 0. The van der Waals surface area contributed by atoms with Crippen molar-refractivity contribution in [3.05, 3.63) is 0 Å². The summed E-state index contributed by atoms with van der Waals surface area (Å²) in [6.45, 7) is 0. The van der Waals surface area contributed by atoms with E-state index >= 15 is 0 Å². The van der Waals surface area contributed by atoms with E-state index in [2.05, 4.69) is 4.67 Å². The Bertz CT molecular complexity index is 72.1. The largest absolute Gasteiger partial charge is 2.00 e. The zero-order chi connectivity index (χ0) is 5.21. The first-order valence-corrected chi connectivity index (χ1v) is 2.37. The van der Waals surface area contributed by atoms with Crippen LogP contribution in [-0.4, -0.2) is 28.3 Å². The van der Waals surface area contributed by atoms with Gasteiger partial charge in [0, 0.05) is 0 Å². The molecule has 0 aromatic carbocycles. The molecule has 0 atom stereocenters. The second-order valence-corrected chi connectivity index (χ2v) is 1.59. The van der Waals surface area contributed by atoms with Gasteiger partial charge in [-0.2, -0.15) is 0 Å². The smallest absolute Gasteiger partial charge is 0.788 e. The molecule has 0 fully saturated rings. The van der Waals surface area contributed by atoms with Gasteiger partial charge in [0.2, 0.25) is 0 Å². The van der Waals surface area contributed by atoms with Crippen LogP contribution in [0.4, 0.5) is 0 Å². The summed E-state index contributed by atoms with van der Waals surface area (Å²) in [5.74, 6) is 0. The van der Waals surface area contributed by atoms with Crippen molar-refractivity contribution in [2.75, 3.05) is 0 Å². The van der Waals surface area contributed by atoms with Crippen LogP contribution in [0.2, 0.25) is 0 Å². The van der Waals surface area contributed by atoms with Crippen molar-refractivity contribution >= 4 is 30.9 Å². The first-order chi connectivity index (χ1) is 2.56. The molecule has 1 N–H and O–H groups in total. The molecule has 7 heteroatoms. The van der Waals surface area contributed by atoms with Gasteiger partial charge in [0.15, 0.2) is 0 Å². The Morgan fingerprint density at radius 2 is 1.71 bits per heavy atom. The van der Waals surface area contributed by atoms with E-state index in [0.717, 1.165) is 0 Å². The molecule has 5 nitrogen and oxygen atoms in total. The van der Waals surface area contributed by atoms with Crippen molar-refractivity contribution in [3.8, 4) is 0 Å². The van der Waals surface area contributed by atoms with Crippen molar-refractivity contribution in [1.82, 2.24) is 0 Å². The molecule has 0 heterocycles. The van der Waals surface area contributed by atoms with E-state index in [1.165, 1.54) is 0 Å². The minimum atomic E-state index is -5.09. The van der Waals surface area contributed by atoms with Gasteiger partial charge in [0.25, 0.3) is 0 Å². The third kappa shape index (κ3) is 10.9. The molecule has 0 amide bonds. The predicted octanol–water partition coefficient (Wildman–Crippen LogP) is -2.08. The van der Waals surface area contributed by atoms with Crippen LogP contribution in [0, 0.1) is 0 Å². The minimum Gasteiger partial charge on any atom is -0.788 e. The van der Waals surface area contributed by atoms with Crippen LogP contribution in [0.25, 0.3) is 0 Å². The molecule has 0 spiro atoms. The van der Waals surface area contributed by atoms with E-state index in [-0.39, 0.29) is 23.1 Å². The van der Waals surface area contributed by atoms with E-state index < -0.39 is 7.82 Å². The molecule has 0 aliphatic carbocycles. The van der Waals surface area contributed by atoms with Gasteiger partial charge in [-0.15, -0.1) is 0 Å². The fourth-order valence-corrected chi connectivity index (χ4v) is 0. The van der Waals surface area contributed by atoms with E-state index in [1.807, 2.05) is 0 Å². The summed E-state index contributed by atoms with van der Waals surface area (Å²) in [6, 6.07) is 0. The molecule has 0 aromatic rings. The summed E-state index contributed by atoms with van der Waals surface area (Å²) in [5, 5.41) is 7.01. The van der Waals surface area contributed by atoms with Crippen molar-refractivity contribution in [1.29, 1.82) is 0 Å². The van der Waals surface area contributed by atoms with E-state index in [0.29, 0.717) is 0 Å². The maximum atomic E-state index is 9.00. The van der Waals surface area contributed by atoms with Gasteiger partial charge in [0.1, 0.15) is 0 Å². The van der Waals surface area contributed by atoms with Crippen LogP contribution in [0.1, 0.15) is 0 Å². The van der Waals surface area contributed by atoms with Crippen LogP contribution in [0.15, 0.2) is 0 Å². The van der Waals surface area contributed by atoms with Crippen molar-refractivity contribution in [3.63, 3.8) is 0 Å².